The number of hydrogen-bond acceptors (Lipinski definition) is 2. The second-order valence-corrected chi connectivity index (χ2v) is 3.12. The average molecular weight is 182 g/mol. The number of carbonyl (C=O) groups excluding carboxylic acids is 1. The van der Waals surface area contributed by atoms with Gasteiger partial charge in [0.15, 0.2) is 0 Å². The summed E-state index contributed by atoms with van der Waals surface area (Å²) < 4.78 is 0. The summed E-state index contributed by atoms with van der Waals surface area (Å²) in [5, 5.41) is 3.17. The third-order valence-electron chi connectivity index (χ3n) is 1.79. The fraction of sp³-hybridized carbons (Fsp3) is 0.700. The Morgan fingerprint density at radius 3 is 2.77 bits per heavy atom. The maximum atomic E-state index is 11.4. The lowest BCUT2D eigenvalue weighted by molar-refractivity contribution is -0.129. The van der Waals surface area contributed by atoms with Gasteiger partial charge in [0.2, 0.25) is 5.91 Å². The van der Waals surface area contributed by atoms with E-state index >= 15 is 0 Å². The van der Waals surface area contributed by atoms with Gasteiger partial charge in [-0.25, -0.2) is 0 Å². The monoisotopic (exact) mass is 182 g/mol. The standard InChI is InChI=1S/C10H18N2O/c1-5-7-12(4)10(13)8-9(3)11-6-2/h1,9,11H,6-8H2,2-4H3. The number of hydrogen-bond donors (Lipinski definition) is 1. The van der Waals surface area contributed by atoms with E-state index in [-0.39, 0.29) is 11.9 Å². The molecule has 0 saturated heterocycles. The summed E-state index contributed by atoms with van der Waals surface area (Å²) in [5.74, 6) is 2.53. The van der Waals surface area contributed by atoms with Crippen LogP contribution >= 0.6 is 0 Å². The molecular weight excluding hydrogens is 164 g/mol. The van der Waals surface area contributed by atoms with Gasteiger partial charge in [-0.2, -0.15) is 0 Å². The number of terminal acetylenes is 1. The highest BCUT2D eigenvalue weighted by Gasteiger charge is 2.11. The van der Waals surface area contributed by atoms with Gasteiger partial charge in [0, 0.05) is 19.5 Å². The molecular formula is C10H18N2O. The van der Waals surface area contributed by atoms with Crippen LogP contribution in [0.25, 0.3) is 0 Å². The molecule has 0 aromatic heterocycles. The van der Waals surface area contributed by atoms with Crippen LogP contribution in [0, 0.1) is 12.3 Å². The minimum absolute atomic E-state index is 0.0893. The number of nitrogens with one attached hydrogen (secondary N) is 1. The van der Waals surface area contributed by atoms with Crippen molar-refractivity contribution in [3.63, 3.8) is 0 Å². The first-order valence-corrected chi connectivity index (χ1v) is 4.52. The zero-order valence-electron chi connectivity index (χ0n) is 8.63. The normalized spacial score (nSPS) is 11.8. The third kappa shape index (κ3) is 5.26. The quantitative estimate of drug-likeness (QED) is 0.627. The van der Waals surface area contributed by atoms with Crippen LogP contribution in [0.2, 0.25) is 0 Å². The highest BCUT2D eigenvalue weighted by atomic mass is 16.2. The van der Waals surface area contributed by atoms with Crippen LogP contribution in [0.15, 0.2) is 0 Å². The van der Waals surface area contributed by atoms with Crippen molar-refractivity contribution >= 4 is 5.91 Å². The highest BCUT2D eigenvalue weighted by molar-refractivity contribution is 5.76. The van der Waals surface area contributed by atoms with Crippen molar-refractivity contribution in [3.8, 4) is 12.3 Å². The van der Waals surface area contributed by atoms with Gasteiger partial charge in [0.05, 0.1) is 6.54 Å². The molecule has 0 fully saturated rings. The van der Waals surface area contributed by atoms with E-state index in [2.05, 4.69) is 11.2 Å². The average Bonchev–Trinajstić information content (AvgIpc) is 2.05. The maximum Gasteiger partial charge on any atom is 0.224 e. The van der Waals surface area contributed by atoms with Gasteiger partial charge in [-0.05, 0) is 13.5 Å². The number of amides is 1. The van der Waals surface area contributed by atoms with Gasteiger partial charge in [0.25, 0.3) is 0 Å². The molecule has 0 bridgehead atoms. The van der Waals surface area contributed by atoms with E-state index in [0.717, 1.165) is 6.54 Å². The van der Waals surface area contributed by atoms with Crippen LogP contribution < -0.4 is 5.32 Å². The molecule has 0 spiro atoms. The number of nitrogens with zero attached hydrogens (tertiary/aromatic N) is 1. The molecule has 0 aromatic carbocycles. The van der Waals surface area contributed by atoms with Crippen LogP contribution in [0.3, 0.4) is 0 Å². The van der Waals surface area contributed by atoms with Crippen LogP contribution in [-0.4, -0.2) is 37.0 Å². The van der Waals surface area contributed by atoms with E-state index in [1.54, 1.807) is 11.9 Å². The van der Waals surface area contributed by atoms with E-state index in [4.69, 9.17) is 6.42 Å². The van der Waals surface area contributed by atoms with E-state index in [1.165, 1.54) is 0 Å². The molecule has 0 rings (SSSR count). The first-order valence-electron chi connectivity index (χ1n) is 4.52. The molecule has 1 amide bonds. The summed E-state index contributed by atoms with van der Waals surface area (Å²) in [7, 11) is 1.72. The molecule has 3 nitrogen and oxygen atoms in total. The van der Waals surface area contributed by atoms with Crippen molar-refractivity contribution < 1.29 is 4.79 Å². The molecule has 1 atom stereocenters. The fourth-order valence-corrected chi connectivity index (χ4v) is 1.06. The summed E-state index contributed by atoms with van der Waals surface area (Å²) >= 11 is 0. The SMILES string of the molecule is C#CCN(C)C(=O)CC(C)NCC. The lowest BCUT2D eigenvalue weighted by Gasteiger charge is -2.17. The molecule has 1 N–H and O–H groups in total. The predicted octanol–water partition coefficient (Wildman–Crippen LogP) is 0.466. The molecule has 0 saturated carbocycles. The van der Waals surface area contributed by atoms with Crippen molar-refractivity contribution in [2.45, 2.75) is 26.3 Å². The summed E-state index contributed by atoms with van der Waals surface area (Å²) in [4.78, 5) is 13.0. The zero-order valence-corrected chi connectivity index (χ0v) is 8.63. The summed E-state index contributed by atoms with van der Waals surface area (Å²) in [6.07, 6.45) is 5.60. The molecule has 0 aliphatic carbocycles. The molecule has 0 aliphatic heterocycles. The van der Waals surface area contributed by atoms with Gasteiger partial charge in [-0.15, -0.1) is 6.42 Å². The van der Waals surface area contributed by atoms with Gasteiger partial charge in [0.1, 0.15) is 0 Å². The Balaban J connectivity index is 3.79. The topological polar surface area (TPSA) is 32.3 Å². The maximum absolute atomic E-state index is 11.4. The minimum atomic E-state index is 0.0893. The fourth-order valence-electron chi connectivity index (χ4n) is 1.06. The first-order chi connectivity index (χ1) is 6.11. The molecule has 0 radical (unpaired) electrons. The predicted molar refractivity (Wildman–Crippen MR) is 54.2 cm³/mol. The lowest BCUT2D eigenvalue weighted by atomic mass is 10.2. The Morgan fingerprint density at radius 1 is 1.69 bits per heavy atom. The van der Waals surface area contributed by atoms with Crippen LogP contribution in [0.5, 0.6) is 0 Å². The van der Waals surface area contributed by atoms with E-state index < -0.39 is 0 Å². The van der Waals surface area contributed by atoms with Gasteiger partial charge < -0.3 is 10.2 Å². The number of rotatable bonds is 5. The van der Waals surface area contributed by atoms with Crippen molar-refractivity contribution in [3.05, 3.63) is 0 Å². The van der Waals surface area contributed by atoms with E-state index in [9.17, 15) is 4.79 Å². The van der Waals surface area contributed by atoms with Crippen molar-refractivity contribution in [1.29, 1.82) is 0 Å². The molecule has 1 unspecified atom stereocenters. The highest BCUT2D eigenvalue weighted by Crippen LogP contribution is 1.95. The zero-order chi connectivity index (χ0) is 10.3. The van der Waals surface area contributed by atoms with Gasteiger partial charge in [-0.3, -0.25) is 4.79 Å². The molecule has 0 aromatic rings. The molecule has 13 heavy (non-hydrogen) atoms. The Hall–Kier alpha value is -1.01. The van der Waals surface area contributed by atoms with Crippen LogP contribution in [0.1, 0.15) is 20.3 Å². The van der Waals surface area contributed by atoms with Crippen molar-refractivity contribution in [2.75, 3.05) is 20.1 Å². The largest absolute Gasteiger partial charge is 0.335 e. The molecule has 0 aliphatic rings. The smallest absolute Gasteiger partial charge is 0.224 e. The van der Waals surface area contributed by atoms with Crippen LogP contribution in [-0.2, 0) is 4.79 Å². The Labute approximate surface area is 80.5 Å². The summed E-state index contributed by atoms with van der Waals surface area (Å²) in [6, 6.07) is 0.220. The number of carbonyl (C=O) groups is 1. The Morgan fingerprint density at radius 2 is 2.31 bits per heavy atom. The van der Waals surface area contributed by atoms with Crippen molar-refractivity contribution in [2.24, 2.45) is 0 Å². The summed E-state index contributed by atoms with van der Waals surface area (Å²) in [6.45, 7) is 5.28. The second kappa shape index (κ2) is 6.50. The lowest BCUT2D eigenvalue weighted by Crippen LogP contribution is -2.35. The Bertz CT molecular complexity index is 196. The first kappa shape index (κ1) is 12.0. The molecule has 3 heteroatoms. The van der Waals surface area contributed by atoms with Crippen molar-refractivity contribution in [1.82, 2.24) is 10.2 Å². The summed E-state index contributed by atoms with van der Waals surface area (Å²) in [5.41, 5.74) is 0. The van der Waals surface area contributed by atoms with Crippen LogP contribution in [0.4, 0.5) is 0 Å². The van der Waals surface area contributed by atoms with E-state index in [1.807, 2.05) is 13.8 Å². The molecule has 0 heterocycles. The minimum Gasteiger partial charge on any atom is -0.335 e. The third-order valence-corrected chi connectivity index (χ3v) is 1.79. The van der Waals surface area contributed by atoms with Gasteiger partial charge in [-0.1, -0.05) is 12.8 Å². The molecule has 74 valence electrons. The van der Waals surface area contributed by atoms with E-state index in [0.29, 0.717) is 13.0 Å². The second-order valence-electron chi connectivity index (χ2n) is 3.12. The Kier molecular flexibility index (Phi) is 5.99. The van der Waals surface area contributed by atoms with Gasteiger partial charge >= 0.3 is 0 Å².